The minimum absolute atomic E-state index is 0.0242. The SMILES string of the molecule is CC(O)(CNC(=O)c1ccon1)C(=O)O. The van der Waals surface area contributed by atoms with Gasteiger partial charge < -0.3 is 20.1 Å². The molecule has 0 aromatic carbocycles. The fraction of sp³-hybridized carbons (Fsp3) is 0.375. The highest BCUT2D eigenvalue weighted by Crippen LogP contribution is 2.02. The second-order valence-electron chi connectivity index (χ2n) is 3.15. The molecule has 15 heavy (non-hydrogen) atoms. The first-order valence-corrected chi connectivity index (χ1v) is 4.08. The molecule has 1 amide bonds. The highest BCUT2D eigenvalue weighted by atomic mass is 16.5. The molecular weight excluding hydrogens is 204 g/mol. The van der Waals surface area contributed by atoms with Crippen molar-refractivity contribution in [2.75, 3.05) is 6.54 Å². The average Bonchev–Trinajstić information content (AvgIpc) is 2.66. The predicted octanol–water partition coefficient (Wildman–Crippen LogP) is -0.760. The highest BCUT2D eigenvalue weighted by molar-refractivity contribution is 5.92. The third-order valence-corrected chi connectivity index (χ3v) is 1.72. The van der Waals surface area contributed by atoms with Crippen LogP contribution in [0.2, 0.25) is 0 Å². The molecule has 0 spiro atoms. The van der Waals surface area contributed by atoms with E-state index in [9.17, 15) is 14.7 Å². The third kappa shape index (κ3) is 2.78. The van der Waals surface area contributed by atoms with Crippen LogP contribution in [0, 0.1) is 0 Å². The van der Waals surface area contributed by atoms with Gasteiger partial charge in [0.15, 0.2) is 11.3 Å². The number of hydrogen-bond donors (Lipinski definition) is 3. The number of carboxylic acids is 1. The molecule has 7 nitrogen and oxygen atoms in total. The molecule has 0 radical (unpaired) electrons. The summed E-state index contributed by atoms with van der Waals surface area (Å²) in [5.41, 5.74) is -1.98. The van der Waals surface area contributed by atoms with Crippen LogP contribution in [-0.2, 0) is 4.79 Å². The van der Waals surface area contributed by atoms with E-state index in [0.29, 0.717) is 0 Å². The van der Waals surface area contributed by atoms with Gasteiger partial charge in [0.25, 0.3) is 5.91 Å². The minimum atomic E-state index is -2.00. The molecule has 3 N–H and O–H groups in total. The Morgan fingerprint density at radius 2 is 2.33 bits per heavy atom. The van der Waals surface area contributed by atoms with Crippen LogP contribution in [0.5, 0.6) is 0 Å². The first-order chi connectivity index (χ1) is 6.93. The summed E-state index contributed by atoms with van der Waals surface area (Å²) in [7, 11) is 0. The van der Waals surface area contributed by atoms with Crippen LogP contribution in [0.4, 0.5) is 0 Å². The summed E-state index contributed by atoms with van der Waals surface area (Å²) in [5, 5.41) is 23.4. The molecule has 1 rings (SSSR count). The van der Waals surface area contributed by atoms with Crippen LogP contribution in [-0.4, -0.2) is 39.4 Å². The predicted molar refractivity (Wildman–Crippen MR) is 47.1 cm³/mol. The van der Waals surface area contributed by atoms with Gasteiger partial charge in [-0.2, -0.15) is 0 Å². The summed E-state index contributed by atoms with van der Waals surface area (Å²) in [6, 6.07) is 1.32. The Morgan fingerprint density at radius 3 is 2.80 bits per heavy atom. The van der Waals surface area contributed by atoms with E-state index in [-0.39, 0.29) is 5.69 Å². The first-order valence-electron chi connectivity index (χ1n) is 4.08. The Kier molecular flexibility index (Phi) is 3.05. The number of aliphatic hydroxyl groups is 1. The second kappa shape index (κ2) is 4.09. The zero-order valence-corrected chi connectivity index (χ0v) is 7.93. The van der Waals surface area contributed by atoms with Crippen molar-refractivity contribution in [1.29, 1.82) is 0 Å². The maximum Gasteiger partial charge on any atom is 0.337 e. The molecule has 0 fully saturated rings. The van der Waals surface area contributed by atoms with Crippen molar-refractivity contribution in [2.45, 2.75) is 12.5 Å². The molecule has 0 aliphatic carbocycles. The van der Waals surface area contributed by atoms with Gasteiger partial charge in [0.05, 0.1) is 6.54 Å². The van der Waals surface area contributed by atoms with Crippen molar-refractivity contribution in [3.63, 3.8) is 0 Å². The monoisotopic (exact) mass is 214 g/mol. The quantitative estimate of drug-likeness (QED) is 0.607. The molecule has 0 bridgehead atoms. The van der Waals surface area contributed by atoms with Crippen LogP contribution in [0.3, 0.4) is 0 Å². The lowest BCUT2D eigenvalue weighted by Crippen LogP contribution is -2.46. The first kappa shape index (κ1) is 11.2. The van der Waals surface area contributed by atoms with E-state index < -0.39 is 24.0 Å². The van der Waals surface area contributed by atoms with Crippen LogP contribution >= 0.6 is 0 Å². The fourth-order valence-electron chi connectivity index (χ4n) is 0.748. The Hall–Kier alpha value is -1.89. The van der Waals surface area contributed by atoms with Gasteiger partial charge in [-0.3, -0.25) is 4.79 Å². The van der Waals surface area contributed by atoms with E-state index in [1.165, 1.54) is 12.3 Å². The number of amides is 1. The molecule has 0 saturated heterocycles. The number of carbonyl (C=O) groups excluding carboxylic acids is 1. The lowest BCUT2D eigenvalue weighted by atomic mass is 10.1. The van der Waals surface area contributed by atoms with Gasteiger partial charge in [-0.25, -0.2) is 4.79 Å². The topological polar surface area (TPSA) is 113 Å². The van der Waals surface area contributed by atoms with Crippen molar-refractivity contribution in [3.05, 3.63) is 18.0 Å². The van der Waals surface area contributed by atoms with Crippen molar-refractivity contribution in [1.82, 2.24) is 10.5 Å². The molecular formula is C8H10N2O5. The van der Waals surface area contributed by atoms with Gasteiger partial charge in [-0.05, 0) is 6.92 Å². The minimum Gasteiger partial charge on any atom is -0.479 e. The molecule has 0 aliphatic heterocycles. The van der Waals surface area contributed by atoms with Crippen molar-refractivity contribution in [2.24, 2.45) is 0 Å². The zero-order chi connectivity index (χ0) is 11.5. The molecule has 7 heteroatoms. The van der Waals surface area contributed by atoms with E-state index in [2.05, 4.69) is 15.0 Å². The van der Waals surface area contributed by atoms with Gasteiger partial charge >= 0.3 is 5.97 Å². The molecule has 1 unspecified atom stereocenters. The van der Waals surface area contributed by atoms with E-state index >= 15 is 0 Å². The Balaban J connectivity index is 2.51. The summed E-state index contributed by atoms with van der Waals surface area (Å²) < 4.78 is 4.43. The second-order valence-corrected chi connectivity index (χ2v) is 3.15. The molecule has 1 atom stereocenters. The smallest absolute Gasteiger partial charge is 0.337 e. The Morgan fingerprint density at radius 1 is 1.67 bits per heavy atom. The summed E-state index contributed by atoms with van der Waals surface area (Å²) >= 11 is 0. The van der Waals surface area contributed by atoms with Gasteiger partial charge in [0.2, 0.25) is 0 Å². The molecule has 1 aromatic rings. The van der Waals surface area contributed by atoms with Crippen LogP contribution < -0.4 is 5.32 Å². The number of nitrogens with one attached hydrogen (secondary N) is 1. The number of aromatic nitrogens is 1. The number of rotatable bonds is 4. The van der Waals surface area contributed by atoms with Crippen LogP contribution in [0.15, 0.2) is 16.9 Å². The van der Waals surface area contributed by atoms with Gasteiger partial charge in [-0.15, -0.1) is 0 Å². The summed E-state index contributed by atoms with van der Waals surface area (Å²) in [6.45, 7) is 0.673. The number of aliphatic carboxylic acids is 1. The lowest BCUT2D eigenvalue weighted by Gasteiger charge is -2.17. The lowest BCUT2D eigenvalue weighted by molar-refractivity contribution is -0.155. The summed E-state index contributed by atoms with van der Waals surface area (Å²) in [6.07, 6.45) is 1.21. The maximum absolute atomic E-state index is 11.2. The normalized spacial score (nSPS) is 14.3. The van der Waals surface area contributed by atoms with Crippen molar-refractivity contribution < 1.29 is 24.3 Å². The van der Waals surface area contributed by atoms with Crippen molar-refractivity contribution in [3.8, 4) is 0 Å². The number of hydrogen-bond acceptors (Lipinski definition) is 5. The number of carboxylic acid groups (broad SMARTS) is 1. The molecule has 82 valence electrons. The summed E-state index contributed by atoms with van der Waals surface area (Å²) in [5.74, 6) is -2.02. The van der Waals surface area contributed by atoms with E-state index in [4.69, 9.17) is 5.11 Å². The standard InChI is InChI=1S/C8H10N2O5/c1-8(14,7(12)13)4-9-6(11)5-2-3-15-10-5/h2-3,14H,4H2,1H3,(H,9,11)(H,12,13). The van der Waals surface area contributed by atoms with Gasteiger partial charge in [0.1, 0.15) is 6.26 Å². The molecule has 1 aromatic heterocycles. The highest BCUT2D eigenvalue weighted by Gasteiger charge is 2.30. The zero-order valence-electron chi connectivity index (χ0n) is 7.93. The van der Waals surface area contributed by atoms with E-state index in [1.807, 2.05) is 0 Å². The molecule has 0 saturated carbocycles. The Labute approximate surface area is 84.7 Å². The van der Waals surface area contributed by atoms with Crippen molar-refractivity contribution >= 4 is 11.9 Å². The fourth-order valence-corrected chi connectivity index (χ4v) is 0.748. The van der Waals surface area contributed by atoms with Gasteiger partial charge in [0, 0.05) is 6.07 Å². The average molecular weight is 214 g/mol. The maximum atomic E-state index is 11.2. The van der Waals surface area contributed by atoms with E-state index in [0.717, 1.165) is 6.92 Å². The molecule has 0 aliphatic rings. The number of carbonyl (C=O) groups is 2. The largest absolute Gasteiger partial charge is 0.479 e. The molecule has 1 heterocycles. The van der Waals surface area contributed by atoms with E-state index in [1.54, 1.807) is 0 Å². The van der Waals surface area contributed by atoms with Gasteiger partial charge in [-0.1, -0.05) is 5.16 Å². The van der Waals surface area contributed by atoms with Crippen LogP contribution in [0.25, 0.3) is 0 Å². The summed E-state index contributed by atoms with van der Waals surface area (Å²) in [4.78, 5) is 21.7. The third-order valence-electron chi connectivity index (χ3n) is 1.72. The Bertz CT molecular complexity index is 357. The number of nitrogens with zero attached hydrogens (tertiary/aromatic N) is 1. The van der Waals surface area contributed by atoms with Crippen LogP contribution in [0.1, 0.15) is 17.4 Å².